The molecule has 0 aliphatic carbocycles. The monoisotopic (exact) mass is 188 g/mol. The molecule has 0 rings (SSSR count). The van der Waals surface area contributed by atoms with Gasteiger partial charge < -0.3 is 0 Å². The molecule has 3 N–H and O–H groups in total. The van der Waals surface area contributed by atoms with Crippen molar-refractivity contribution in [2.24, 2.45) is 0 Å². The molecular formula is CH4N2O5S2. The number of carbonyl (C=O) groups excluding carboxylic acids is 1. The molecule has 1 unspecified atom stereocenters. The second-order valence-corrected chi connectivity index (χ2v) is 3.48. The molecule has 60 valence electrons. The Kier molecular flexibility index (Phi) is 3.42. The summed E-state index contributed by atoms with van der Waals surface area (Å²) in [6, 6.07) is 0. The van der Waals surface area contributed by atoms with Crippen molar-refractivity contribution in [3.05, 3.63) is 0 Å². The van der Waals surface area contributed by atoms with Crippen LogP contribution in [0.15, 0.2) is 0 Å². The Bertz CT molecular complexity index is 230. The van der Waals surface area contributed by atoms with Gasteiger partial charge in [-0.1, -0.05) is 4.13 Å². The summed E-state index contributed by atoms with van der Waals surface area (Å²) in [4.78, 5) is 9.49. The molecule has 0 aromatic heterocycles. The van der Waals surface area contributed by atoms with E-state index >= 15 is 0 Å². The Balaban J connectivity index is 4.14. The number of hydrogen-bond donors (Lipinski definition) is 3. The maximum absolute atomic E-state index is 10.2. The Morgan fingerprint density at radius 2 is 2.00 bits per heavy atom. The van der Waals surface area contributed by atoms with Crippen LogP contribution in [0.1, 0.15) is 0 Å². The SMILES string of the molecule is O=CNS(=O)(=O)NS(=O)O. The van der Waals surface area contributed by atoms with Gasteiger partial charge in [0.05, 0.1) is 0 Å². The zero-order chi connectivity index (χ0) is 8.20. The van der Waals surface area contributed by atoms with E-state index < -0.39 is 21.5 Å². The first-order valence-electron chi connectivity index (χ1n) is 1.82. The van der Waals surface area contributed by atoms with Crippen molar-refractivity contribution in [2.45, 2.75) is 0 Å². The predicted molar refractivity (Wildman–Crippen MR) is 32.0 cm³/mol. The van der Waals surface area contributed by atoms with Gasteiger partial charge in [-0.15, -0.1) is 0 Å². The molecule has 10 heavy (non-hydrogen) atoms. The van der Waals surface area contributed by atoms with Crippen LogP contribution in [0.3, 0.4) is 0 Å². The van der Waals surface area contributed by atoms with E-state index in [1.807, 2.05) is 0 Å². The Morgan fingerprint density at radius 1 is 1.50 bits per heavy atom. The summed E-state index contributed by atoms with van der Waals surface area (Å²) < 4.78 is 40.6. The molecule has 9 heteroatoms. The molecule has 0 spiro atoms. The van der Waals surface area contributed by atoms with Gasteiger partial charge in [0, 0.05) is 0 Å². The van der Waals surface area contributed by atoms with Crippen LogP contribution in [0.5, 0.6) is 0 Å². The first-order chi connectivity index (χ1) is 4.48. The van der Waals surface area contributed by atoms with Crippen LogP contribution in [0, 0.1) is 0 Å². The Hall–Kier alpha value is -0.510. The van der Waals surface area contributed by atoms with E-state index in [-0.39, 0.29) is 6.41 Å². The average Bonchev–Trinajstić information content (AvgIpc) is 1.59. The molecule has 0 aromatic carbocycles. The minimum atomic E-state index is -4.15. The maximum Gasteiger partial charge on any atom is 0.314 e. The van der Waals surface area contributed by atoms with E-state index in [1.165, 1.54) is 8.85 Å². The average molecular weight is 188 g/mol. The van der Waals surface area contributed by atoms with Gasteiger partial charge in [-0.2, -0.15) is 8.42 Å². The van der Waals surface area contributed by atoms with Crippen LogP contribution in [0.2, 0.25) is 0 Å². The lowest BCUT2D eigenvalue weighted by molar-refractivity contribution is -0.108. The quantitative estimate of drug-likeness (QED) is 0.339. The number of amides is 1. The molecule has 0 saturated heterocycles. The molecule has 7 nitrogen and oxygen atoms in total. The minimum Gasteiger partial charge on any atom is -0.293 e. The van der Waals surface area contributed by atoms with Gasteiger partial charge in [0.2, 0.25) is 17.7 Å². The highest BCUT2D eigenvalue weighted by Gasteiger charge is 2.09. The van der Waals surface area contributed by atoms with Gasteiger partial charge in [0.1, 0.15) is 0 Å². The van der Waals surface area contributed by atoms with Crippen LogP contribution >= 0.6 is 0 Å². The van der Waals surface area contributed by atoms with Crippen molar-refractivity contribution >= 4 is 27.9 Å². The highest BCUT2D eigenvalue weighted by Crippen LogP contribution is 1.73. The van der Waals surface area contributed by atoms with E-state index in [1.54, 1.807) is 0 Å². The van der Waals surface area contributed by atoms with Crippen molar-refractivity contribution in [3.8, 4) is 0 Å². The number of nitrogens with one attached hydrogen (secondary N) is 2. The first-order valence-corrected chi connectivity index (χ1v) is 4.41. The molecule has 0 bridgehead atoms. The topological polar surface area (TPSA) is 113 Å². The van der Waals surface area contributed by atoms with E-state index in [0.29, 0.717) is 0 Å². The summed E-state index contributed by atoms with van der Waals surface area (Å²) in [5.74, 6) is 0. The van der Waals surface area contributed by atoms with Crippen molar-refractivity contribution in [1.82, 2.24) is 8.85 Å². The summed E-state index contributed by atoms with van der Waals surface area (Å²) in [5.41, 5.74) is 0. The third-order valence-corrected chi connectivity index (χ3v) is 2.24. The van der Waals surface area contributed by atoms with Crippen LogP contribution < -0.4 is 8.85 Å². The van der Waals surface area contributed by atoms with Crippen molar-refractivity contribution < 1.29 is 22.0 Å². The largest absolute Gasteiger partial charge is 0.314 e. The van der Waals surface area contributed by atoms with Gasteiger partial charge in [0.15, 0.2) is 0 Å². The third kappa shape index (κ3) is 4.38. The molecular weight excluding hydrogens is 184 g/mol. The standard InChI is InChI=1S/CH4N2O5S2/c4-1-2-10(7,8)3-9(5)6/h1,3H,(H,2,4)(H,5,6). The summed E-state index contributed by atoms with van der Waals surface area (Å²) >= 11 is -2.70. The van der Waals surface area contributed by atoms with Gasteiger partial charge in [-0.25, -0.2) is 8.93 Å². The smallest absolute Gasteiger partial charge is 0.293 e. The van der Waals surface area contributed by atoms with Crippen molar-refractivity contribution in [3.63, 3.8) is 0 Å². The zero-order valence-electron chi connectivity index (χ0n) is 4.47. The molecule has 0 aliphatic heterocycles. The number of hydrogen-bond acceptors (Lipinski definition) is 4. The van der Waals surface area contributed by atoms with E-state index in [2.05, 4.69) is 0 Å². The van der Waals surface area contributed by atoms with Crippen molar-refractivity contribution in [2.75, 3.05) is 0 Å². The molecule has 0 saturated carbocycles. The molecule has 0 aromatic rings. The molecule has 0 heterocycles. The fraction of sp³-hybridized carbons (Fsp3) is 0. The first kappa shape index (κ1) is 9.49. The molecule has 0 fully saturated rings. The fourth-order valence-corrected chi connectivity index (χ4v) is 1.25. The van der Waals surface area contributed by atoms with Gasteiger partial charge in [0.25, 0.3) is 0 Å². The lowest BCUT2D eigenvalue weighted by Crippen LogP contribution is -2.36. The number of carbonyl (C=O) groups is 1. The number of rotatable bonds is 4. The highest BCUT2D eigenvalue weighted by atomic mass is 32.3. The molecule has 0 aliphatic rings. The fourth-order valence-electron chi connectivity index (χ4n) is 0.181. The summed E-state index contributed by atoms with van der Waals surface area (Å²) in [6.45, 7) is 0. The van der Waals surface area contributed by atoms with Gasteiger partial charge in [-0.3, -0.25) is 9.35 Å². The van der Waals surface area contributed by atoms with Gasteiger partial charge in [-0.05, 0) is 0 Å². The van der Waals surface area contributed by atoms with E-state index in [4.69, 9.17) is 4.55 Å². The van der Waals surface area contributed by atoms with Crippen LogP contribution in [0.25, 0.3) is 0 Å². The molecule has 1 amide bonds. The normalized spacial score (nSPS) is 14.1. The lowest BCUT2D eigenvalue weighted by Gasteiger charge is -1.97. The predicted octanol–water partition coefficient (Wildman–Crippen LogP) is -2.30. The Labute approximate surface area is 59.4 Å². The molecule has 1 atom stereocenters. The van der Waals surface area contributed by atoms with Gasteiger partial charge >= 0.3 is 10.2 Å². The minimum absolute atomic E-state index is 0.130. The van der Waals surface area contributed by atoms with Crippen LogP contribution in [-0.2, 0) is 26.3 Å². The van der Waals surface area contributed by atoms with Crippen LogP contribution in [0.4, 0.5) is 0 Å². The van der Waals surface area contributed by atoms with Crippen molar-refractivity contribution in [1.29, 1.82) is 0 Å². The second-order valence-electron chi connectivity index (χ2n) is 1.07. The summed E-state index contributed by atoms with van der Waals surface area (Å²) in [5, 5.41) is 0. The Morgan fingerprint density at radius 3 is 2.30 bits per heavy atom. The van der Waals surface area contributed by atoms with E-state index in [0.717, 1.165) is 0 Å². The molecule has 0 radical (unpaired) electrons. The maximum atomic E-state index is 10.2. The summed E-state index contributed by atoms with van der Waals surface area (Å²) in [7, 11) is -4.15. The van der Waals surface area contributed by atoms with Crippen LogP contribution in [-0.4, -0.2) is 23.6 Å². The highest BCUT2D eigenvalue weighted by molar-refractivity contribution is 7.99. The van der Waals surface area contributed by atoms with E-state index in [9.17, 15) is 17.4 Å². The zero-order valence-corrected chi connectivity index (χ0v) is 6.11. The lowest BCUT2D eigenvalue weighted by atomic mass is 11.5. The third-order valence-electron chi connectivity index (χ3n) is 0.384. The second kappa shape index (κ2) is 3.61. The summed E-state index contributed by atoms with van der Waals surface area (Å²) in [6.07, 6.45) is -0.130.